The van der Waals surface area contributed by atoms with Crippen LogP contribution in [0.1, 0.15) is 11.1 Å². The summed E-state index contributed by atoms with van der Waals surface area (Å²) in [7, 11) is 0. The van der Waals surface area contributed by atoms with Crippen LogP contribution in [0.15, 0.2) is 78.3 Å². The minimum absolute atomic E-state index is 1.07. The van der Waals surface area contributed by atoms with Crippen LogP contribution in [0, 0.1) is 0 Å². The SMILES string of the molecule is C=Cc1ccc2c(c1C=C)c1cc(Br)ccc1n2-c1ccccc1. The topological polar surface area (TPSA) is 4.93 Å². The molecular weight excluding hydrogens is 358 g/mol. The van der Waals surface area contributed by atoms with E-state index in [9.17, 15) is 0 Å². The van der Waals surface area contributed by atoms with E-state index in [2.05, 4.69) is 88.3 Å². The van der Waals surface area contributed by atoms with E-state index in [4.69, 9.17) is 0 Å². The van der Waals surface area contributed by atoms with Crippen molar-refractivity contribution in [1.29, 1.82) is 0 Å². The lowest BCUT2D eigenvalue weighted by atomic mass is 10.0. The van der Waals surface area contributed by atoms with E-state index in [0.29, 0.717) is 0 Å². The summed E-state index contributed by atoms with van der Waals surface area (Å²) < 4.78 is 3.37. The van der Waals surface area contributed by atoms with Crippen molar-refractivity contribution in [2.45, 2.75) is 0 Å². The molecule has 0 saturated carbocycles. The van der Waals surface area contributed by atoms with Crippen LogP contribution in [0.25, 0.3) is 39.6 Å². The Hall–Kier alpha value is -2.58. The molecule has 0 N–H and O–H groups in total. The van der Waals surface area contributed by atoms with Crippen molar-refractivity contribution in [2.24, 2.45) is 0 Å². The van der Waals surface area contributed by atoms with Crippen molar-refractivity contribution in [2.75, 3.05) is 0 Å². The Kier molecular flexibility index (Phi) is 3.62. The van der Waals surface area contributed by atoms with Crippen LogP contribution in [0.2, 0.25) is 0 Å². The number of halogens is 1. The molecule has 116 valence electrons. The highest BCUT2D eigenvalue weighted by Gasteiger charge is 2.15. The third-order valence-electron chi connectivity index (χ3n) is 4.41. The Morgan fingerprint density at radius 2 is 1.58 bits per heavy atom. The molecule has 0 atom stereocenters. The van der Waals surface area contributed by atoms with Gasteiger partial charge in [-0.25, -0.2) is 0 Å². The highest BCUT2D eigenvalue weighted by molar-refractivity contribution is 9.10. The molecule has 3 aromatic carbocycles. The summed E-state index contributed by atoms with van der Waals surface area (Å²) in [5.74, 6) is 0. The fourth-order valence-corrected chi connectivity index (χ4v) is 3.74. The predicted molar refractivity (Wildman–Crippen MR) is 109 cm³/mol. The molecule has 0 amide bonds. The average Bonchev–Trinajstić information content (AvgIpc) is 2.95. The zero-order valence-corrected chi connectivity index (χ0v) is 14.8. The van der Waals surface area contributed by atoms with Crippen molar-refractivity contribution in [3.05, 3.63) is 89.4 Å². The number of hydrogen-bond donors (Lipinski definition) is 0. The summed E-state index contributed by atoms with van der Waals surface area (Å²) in [5.41, 5.74) is 5.74. The minimum atomic E-state index is 1.07. The van der Waals surface area contributed by atoms with Crippen molar-refractivity contribution in [3.63, 3.8) is 0 Å². The summed E-state index contributed by atoms with van der Waals surface area (Å²) in [6.45, 7) is 7.98. The van der Waals surface area contributed by atoms with Crippen LogP contribution in [0.5, 0.6) is 0 Å². The first-order chi connectivity index (χ1) is 11.7. The Morgan fingerprint density at radius 3 is 2.29 bits per heavy atom. The summed E-state index contributed by atoms with van der Waals surface area (Å²) in [6.07, 6.45) is 3.81. The largest absolute Gasteiger partial charge is 0.309 e. The van der Waals surface area contributed by atoms with Crippen LogP contribution in [0.4, 0.5) is 0 Å². The van der Waals surface area contributed by atoms with Gasteiger partial charge in [-0.15, -0.1) is 0 Å². The number of benzene rings is 3. The van der Waals surface area contributed by atoms with Crippen molar-refractivity contribution < 1.29 is 0 Å². The van der Waals surface area contributed by atoms with Crippen LogP contribution in [0.3, 0.4) is 0 Å². The zero-order chi connectivity index (χ0) is 16.7. The van der Waals surface area contributed by atoms with Crippen LogP contribution in [-0.4, -0.2) is 4.57 Å². The van der Waals surface area contributed by atoms with Gasteiger partial charge in [-0.05, 0) is 47.5 Å². The molecule has 1 aromatic heterocycles. The van der Waals surface area contributed by atoms with Gasteiger partial charge in [0.15, 0.2) is 0 Å². The van der Waals surface area contributed by atoms with Gasteiger partial charge in [-0.3, -0.25) is 0 Å². The van der Waals surface area contributed by atoms with Gasteiger partial charge in [0.05, 0.1) is 11.0 Å². The Labute approximate surface area is 149 Å². The van der Waals surface area contributed by atoms with Gasteiger partial charge < -0.3 is 4.57 Å². The molecule has 1 heterocycles. The maximum absolute atomic E-state index is 4.03. The Balaban J connectivity index is 2.27. The zero-order valence-electron chi connectivity index (χ0n) is 13.2. The Bertz CT molecular complexity index is 1090. The summed E-state index contributed by atoms with van der Waals surface area (Å²) >= 11 is 3.61. The molecule has 0 radical (unpaired) electrons. The lowest BCUT2D eigenvalue weighted by molar-refractivity contribution is 1.18. The lowest BCUT2D eigenvalue weighted by Gasteiger charge is -2.08. The number of nitrogens with zero attached hydrogens (tertiary/aromatic N) is 1. The molecule has 1 nitrogen and oxygen atoms in total. The van der Waals surface area contributed by atoms with E-state index in [-0.39, 0.29) is 0 Å². The monoisotopic (exact) mass is 373 g/mol. The van der Waals surface area contributed by atoms with Crippen molar-refractivity contribution in [3.8, 4) is 5.69 Å². The normalized spacial score (nSPS) is 11.0. The first-order valence-corrected chi connectivity index (χ1v) is 8.61. The number of hydrogen-bond acceptors (Lipinski definition) is 0. The van der Waals surface area contributed by atoms with Crippen molar-refractivity contribution >= 4 is 49.9 Å². The molecule has 0 fully saturated rings. The number of rotatable bonds is 3. The molecule has 24 heavy (non-hydrogen) atoms. The molecule has 0 aliphatic heterocycles. The molecule has 4 aromatic rings. The van der Waals surface area contributed by atoms with Gasteiger partial charge in [0.1, 0.15) is 0 Å². The van der Waals surface area contributed by atoms with E-state index in [1.807, 2.05) is 18.2 Å². The summed E-state index contributed by atoms with van der Waals surface area (Å²) in [6, 6.07) is 21.1. The average molecular weight is 374 g/mol. The van der Waals surface area contributed by atoms with E-state index in [1.54, 1.807) is 0 Å². The molecular formula is C22H16BrN. The van der Waals surface area contributed by atoms with Gasteiger partial charge in [0, 0.05) is 20.9 Å². The third kappa shape index (κ3) is 2.15. The molecule has 0 aliphatic rings. The van der Waals surface area contributed by atoms with Crippen molar-refractivity contribution in [1.82, 2.24) is 4.57 Å². The number of fused-ring (bicyclic) bond motifs is 3. The highest BCUT2D eigenvalue weighted by Crippen LogP contribution is 2.37. The van der Waals surface area contributed by atoms with Gasteiger partial charge in [0.2, 0.25) is 0 Å². The number of para-hydroxylation sites is 1. The second-order valence-corrected chi connectivity index (χ2v) is 6.62. The van der Waals surface area contributed by atoms with Gasteiger partial charge in [-0.2, -0.15) is 0 Å². The quantitative estimate of drug-likeness (QED) is 0.370. The molecule has 0 aliphatic carbocycles. The standard InChI is InChI=1S/C22H16BrN/c1-3-15-10-12-21-22(18(15)4-2)19-14-16(23)11-13-20(19)24(21)17-8-6-5-7-9-17/h3-14H,1-2H2. The number of aromatic nitrogens is 1. The predicted octanol–water partition coefficient (Wildman–Crippen LogP) is 6.83. The maximum Gasteiger partial charge on any atom is 0.0547 e. The lowest BCUT2D eigenvalue weighted by Crippen LogP contribution is -1.93. The first-order valence-electron chi connectivity index (χ1n) is 7.81. The molecule has 0 spiro atoms. The smallest absolute Gasteiger partial charge is 0.0547 e. The van der Waals surface area contributed by atoms with Gasteiger partial charge in [0.25, 0.3) is 0 Å². The van der Waals surface area contributed by atoms with E-state index >= 15 is 0 Å². The fraction of sp³-hybridized carbons (Fsp3) is 0. The van der Waals surface area contributed by atoms with E-state index < -0.39 is 0 Å². The van der Waals surface area contributed by atoms with E-state index in [0.717, 1.165) is 21.3 Å². The van der Waals surface area contributed by atoms with Gasteiger partial charge in [-0.1, -0.05) is 65.5 Å². The summed E-state index contributed by atoms with van der Waals surface area (Å²) in [5, 5.41) is 2.42. The Morgan fingerprint density at radius 1 is 0.833 bits per heavy atom. The maximum atomic E-state index is 4.03. The van der Waals surface area contributed by atoms with Crippen LogP contribution >= 0.6 is 15.9 Å². The van der Waals surface area contributed by atoms with Crippen LogP contribution < -0.4 is 0 Å². The second kappa shape index (κ2) is 5.81. The molecule has 0 saturated heterocycles. The van der Waals surface area contributed by atoms with Gasteiger partial charge >= 0.3 is 0 Å². The highest BCUT2D eigenvalue weighted by atomic mass is 79.9. The molecule has 4 rings (SSSR count). The summed E-state index contributed by atoms with van der Waals surface area (Å²) in [4.78, 5) is 0. The second-order valence-electron chi connectivity index (χ2n) is 5.70. The molecule has 0 unspecified atom stereocenters. The third-order valence-corrected chi connectivity index (χ3v) is 4.90. The van der Waals surface area contributed by atoms with E-state index in [1.165, 1.54) is 21.8 Å². The minimum Gasteiger partial charge on any atom is -0.309 e. The van der Waals surface area contributed by atoms with Crippen LogP contribution in [-0.2, 0) is 0 Å². The molecule has 2 heteroatoms. The fourth-order valence-electron chi connectivity index (χ4n) is 3.38. The molecule has 0 bridgehead atoms. The first kappa shape index (κ1) is 15.0.